The molecule has 0 saturated carbocycles. The molecule has 0 saturated heterocycles. The van der Waals surface area contributed by atoms with Gasteiger partial charge < -0.3 is 0 Å². The summed E-state index contributed by atoms with van der Waals surface area (Å²) in [6.45, 7) is 0. The molecule has 0 spiro atoms. The third-order valence-electron chi connectivity index (χ3n) is 3.84. The zero-order valence-electron chi connectivity index (χ0n) is 14.1. The van der Waals surface area contributed by atoms with E-state index in [1.54, 1.807) is 60.7 Å². The van der Waals surface area contributed by atoms with Gasteiger partial charge in [-0.05, 0) is 35.4 Å². The third-order valence-corrected chi connectivity index (χ3v) is 5.27. The molecule has 0 atom stereocenters. The Morgan fingerprint density at radius 3 is 2.29 bits per heavy atom. The van der Waals surface area contributed by atoms with Gasteiger partial charge in [0.1, 0.15) is 16.5 Å². The van der Waals surface area contributed by atoms with Gasteiger partial charge in [-0.15, -0.1) is 11.3 Å². The van der Waals surface area contributed by atoms with Crippen LogP contribution in [0.2, 0.25) is 5.02 Å². The zero-order chi connectivity index (χ0) is 20.3. The van der Waals surface area contributed by atoms with Crippen LogP contribution in [0.4, 0.5) is 13.2 Å². The Hall–Kier alpha value is -2.88. The number of hydrogen-bond donors (Lipinski definition) is 0. The van der Waals surface area contributed by atoms with Crippen molar-refractivity contribution in [2.24, 2.45) is 0 Å². The van der Waals surface area contributed by atoms with Gasteiger partial charge in [0.2, 0.25) is 5.78 Å². The number of ketones is 1. The van der Waals surface area contributed by atoms with Crippen molar-refractivity contribution in [3.63, 3.8) is 0 Å². The highest BCUT2D eigenvalue weighted by Gasteiger charge is 2.37. The molecular formula is C21H11ClF3NOS. The molecule has 0 aliphatic carbocycles. The summed E-state index contributed by atoms with van der Waals surface area (Å²) in [5.74, 6) is -0.755. The number of halogens is 4. The number of Topliss-reactive ketones (excluding diaryl/α,β-unsaturated/α-hetero) is 1. The molecule has 0 bridgehead atoms. The van der Waals surface area contributed by atoms with E-state index in [0.29, 0.717) is 27.5 Å². The topological polar surface area (TPSA) is 40.9 Å². The third kappa shape index (κ3) is 4.33. The summed E-state index contributed by atoms with van der Waals surface area (Å²) in [4.78, 5) is 11.7. The van der Waals surface area contributed by atoms with E-state index in [1.807, 2.05) is 0 Å². The highest BCUT2D eigenvalue weighted by atomic mass is 35.5. The fraction of sp³-hybridized carbons (Fsp3) is 0.0476. The lowest BCUT2D eigenvalue weighted by molar-refractivity contribution is -0.133. The predicted octanol–water partition coefficient (Wildman–Crippen LogP) is 6.88. The van der Waals surface area contributed by atoms with E-state index in [2.05, 4.69) is 0 Å². The molecule has 0 fully saturated rings. The second-order valence-electron chi connectivity index (χ2n) is 5.77. The Labute approximate surface area is 168 Å². The number of benzene rings is 2. The van der Waals surface area contributed by atoms with Crippen molar-refractivity contribution < 1.29 is 18.0 Å². The van der Waals surface area contributed by atoms with Crippen LogP contribution in [0.3, 0.4) is 0 Å². The number of carbonyl (C=O) groups is 1. The molecule has 3 aromatic rings. The van der Waals surface area contributed by atoms with Crippen LogP contribution in [-0.4, -0.2) is 5.78 Å². The number of carbonyl (C=O) groups excluding carboxylic acids is 1. The first-order valence-corrected chi connectivity index (χ1v) is 9.17. The van der Waals surface area contributed by atoms with E-state index < -0.39 is 16.8 Å². The molecule has 0 aliphatic heterocycles. The van der Waals surface area contributed by atoms with Crippen LogP contribution >= 0.6 is 22.9 Å². The van der Waals surface area contributed by atoms with Crippen LogP contribution < -0.4 is 0 Å². The average molecular weight is 418 g/mol. The summed E-state index contributed by atoms with van der Waals surface area (Å²) >= 11 is 6.14. The van der Waals surface area contributed by atoms with E-state index in [-0.39, 0.29) is 16.0 Å². The molecular weight excluding hydrogens is 407 g/mol. The Bertz CT molecular complexity index is 1080. The van der Waals surface area contributed by atoms with Crippen molar-refractivity contribution in [3.8, 4) is 17.2 Å². The van der Waals surface area contributed by atoms with Gasteiger partial charge in [-0.25, -0.2) is 0 Å². The summed E-state index contributed by atoms with van der Waals surface area (Å²) in [6, 6.07) is 17.4. The molecule has 2 aromatic carbocycles. The number of nitriles is 1. The molecule has 7 heteroatoms. The highest BCUT2D eigenvalue weighted by Crippen LogP contribution is 2.43. The first kappa shape index (κ1) is 19.9. The lowest BCUT2D eigenvalue weighted by Crippen LogP contribution is -2.03. The molecule has 140 valence electrons. The number of rotatable bonds is 4. The van der Waals surface area contributed by atoms with Gasteiger partial charge in [-0.2, -0.15) is 18.4 Å². The van der Waals surface area contributed by atoms with Gasteiger partial charge in [0.05, 0.1) is 4.88 Å². The molecule has 0 aliphatic rings. The summed E-state index contributed by atoms with van der Waals surface area (Å²) in [7, 11) is 0. The summed E-state index contributed by atoms with van der Waals surface area (Å²) < 4.78 is 40.5. The number of allylic oxidation sites excluding steroid dienone is 1. The lowest BCUT2D eigenvalue weighted by Gasteiger charge is -2.07. The van der Waals surface area contributed by atoms with Gasteiger partial charge in [-0.3, -0.25) is 4.79 Å². The van der Waals surface area contributed by atoms with Gasteiger partial charge in [-0.1, -0.05) is 54.1 Å². The first-order valence-electron chi connectivity index (χ1n) is 7.98. The largest absolute Gasteiger partial charge is 0.426 e. The number of alkyl halides is 3. The van der Waals surface area contributed by atoms with Crippen molar-refractivity contribution in [1.82, 2.24) is 0 Å². The molecule has 0 N–H and O–H groups in total. The average Bonchev–Trinajstić information content (AvgIpc) is 3.14. The van der Waals surface area contributed by atoms with Gasteiger partial charge in [0.15, 0.2) is 0 Å². The monoisotopic (exact) mass is 417 g/mol. The van der Waals surface area contributed by atoms with Crippen LogP contribution in [0.15, 0.2) is 66.2 Å². The van der Waals surface area contributed by atoms with Crippen LogP contribution in [0.25, 0.3) is 17.2 Å². The predicted molar refractivity (Wildman–Crippen MR) is 104 cm³/mol. The fourth-order valence-electron chi connectivity index (χ4n) is 2.55. The molecule has 0 amide bonds. The minimum absolute atomic E-state index is 0.0785. The van der Waals surface area contributed by atoms with E-state index >= 15 is 0 Å². The standard InChI is InChI=1S/C21H11ClF3NOS/c22-16-8-6-13(7-9-16)10-15(12-26)19(27)18-11-17(14-4-2-1-3-5-14)20(28-18)21(23,24)25/h1-11H/b15-10-. The van der Waals surface area contributed by atoms with Crippen molar-refractivity contribution in [2.45, 2.75) is 6.18 Å². The van der Waals surface area contributed by atoms with Crippen molar-refractivity contribution >= 4 is 34.8 Å². The summed E-state index contributed by atoms with van der Waals surface area (Å²) in [5.41, 5.74) is 0.567. The molecule has 0 radical (unpaired) electrons. The smallest absolute Gasteiger partial charge is 0.287 e. The fourth-order valence-corrected chi connectivity index (χ4v) is 3.68. The van der Waals surface area contributed by atoms with Gasteiger partial charge in [0.25, 0.3) is 0 Å². The number of nitrogens with zero attached hydrogens (tertiary/aromatic N) is 1. The first-order chi connectivity index (χ1) is 13.3. The number of thiophene rings is 1. The quantitative estimate of drug-likeness (QED) is 0.264. The molecule has 1 heterocycles. The maximum atomic E-state index is 13.5. The minimum Gasteiger partial charge on any atom is -0.287 e. The Morgan fingerprint density at radius 1 is 1.07 bits per heavy atom. The van der Waals surface area contributed by atoms with E-state index in [0.717, 1.165) is 0 Å². The van der Waals surface area contributed by atoms with E-state index in [4.69, 9.17) is 11.6 Å². The van der Waals surface area contributed by atoms with E-state index in [1.165, 1.54) is 12.1 Å². The Kier molecular flexibility index (Phi) is 5.68. The zero-order valence-corrected chi connectivity index (χ0v) is 15.7. The molecule has 1 aromatic heterocycles. The maximum Gasteiger partial charge on any atom is 0.426 e. The Balaban J connectivity index is 2.05. The number of hydrogen-bond acceptors (Lipinski definition) is 3. The van der Waals surface area contributed by atoms with Crippen molar-refractivity contribution in [1.29, 1.82) is 5.26 Å². The van der Waals surface area contributed by atoms with Gasteiger partial charge in [0, 0.05) is 10.6 Å². The Morgan fingerprint density at radius 2 is 1.71 bits per heavy atom. The SMILES string of the molecule is N#C/C(=C/c1ccc(Cl)cc1)C(=O)c1cc(-c2ccccc2)c(C(F)(F)F)s1. The normalized spacial score (nSPS) is 11.9. The van der Waals surface area contributed by atoms with Crippen LogP contribution in [0.1, 0.15) is 20.1 Å². The lowest BCUT2D eigenvalue weighted by atomic mass is 10.0. The molecule has 0 unspecified atom stereocenters. The van der Waals surface area contributed by atoms with Crippen LogP contribution in [0.5, 0.6) is 0 Å². The second-order valence-corrected chi connectivity index (χ2v) is 7.26. The minimum atomic E-state index is -4.61. The molecule has 3 rings (SSSR count). The van der Waals surface area contributed by atoms with Crippen LogP contribution in [0, 0.1) is 11.3 Å². The van der Waals surface area contributed by atoms with Crippen LogP contribution in [-0.2, 0) is 6.18 Å². The van der Waals surface area contributed by atoms with Crippen molar-refractivity contribution in [2.75, 3.05) is 0 Å². The maximum absolute atomic E-state index is 13.5. The molecule has 2 nitrogen and oxygen atoms in total. The van der Waals surface area contributed by atoms with Gasteiger partial charge >= 0.3 is 6.18 Å². The van der Waals surface area contributed by atoms with E-state index in [9.17, 15) is 23.2 Å². The molecule has 28 heavy (non-hydrogen) atoms. The summed E-state index contributed by atoms with van der Waals surface area (Å²) in [6.07, 6.45) is -3.28. The highest BCUT2D eigenvalue weighted by molar-refractivity contribution is 7.14. The summed E-state index contributed by atoms with van der Waals surface area (Å²) in [5, 5.41) is 9.83. The second kappa shape index (κ2) is 8.01. The van der Waals surface area contributed by atoms with Crippen molar-refractivity contribution in [3.05, 3.63) is 86.6 Å².